The first-order valence-corrected chi connectivity index (χ1v) is 8.25. The summed E-state index contributed by atoms with van der Waals surface area (Å²) in [7, 11) is 11.2. The van der Waals surface area contributed by atoms with Gasteiger partial charge in [0.05, 0.1) is 16.9 Å². The van der Waals surface area contributed by atoms with Gasteiger partial charge in [-0.3, -0.25) is 4.79 Å². The lowest BCUT2D eigenvalue weighted by Gasteiger charge is -2.15. The van der Waals surface area contributed by atoms with Crippen molar-refractivity contribution in [3.8, 4) is 0 Å². The van der Waals surface area contributed by atoms with E-state index >= 15 is 0 Å². The van der Waals surface area contributed by atoms with E-state index in [9.17, 15) is 4.79 Å². The van der Waals surface area contributed by atoms with E-state index in [2.05, 4.69) is 36.1 Å². The monoisotopic (exact) mass is 342 g/mol. The molecule has 0 unspecified atom stereocenters. The molecule has 0 aromatic carbocycles. The lowest BCUT2D eigenvalue weighted by molar-refractivity contribution is 0.0976. The van der Waals surface area contributed by atoms with Gasteiger partial charge in [-0.15, -0.1) is 10.2 Å². The van der Waals surface area contributed by atoms with Crippen LogP contribution in [0.15, 0.2) is 6.07 Å². The maximum Gasteiger partial charge on any atom is 0.261 e. The first kappa shape index (κ1) is 18.0. The highest BCUT2D eigenvalue weighted by atomic mass is 16.1. The topological polar surface area (TPSA) is 109 Å². The fourth-order valence-electron chi connectivity index (χ4n) is 2.83. The van der Waals surface area contributed by atoms with Crippen molar-refractivity contribution in [2.75, 3.05) is 10.5 Å². The minimum absolute atomic E-state index is 0.201. The molecule has 3 rings (SSSR count). The summed E-state index contributed by atoms with van der Waals surface area (Å²) < 4.78 is 1.84. The first-order valence-electron chi connectivity index (χ1n) is 8.25. The third kappa shape index (κ3) is 2.93. The van der Waals surface area contributed by atoms with Gasteiger partial charge in [0.2, 0.25) is 16.0 Å². The smallest absolute Gasteiger partial charge is 0.261 e. The largest absolute Gasteiger partial charge is 0.418 e. The predicted octanol–water partition coefficient (Wildman–Crippen LogP) is -8.47. The van der Waals surface area contributed by atoms with Gasteiger partial charge in [0, 0.05) is 11.7 Å². The molecule has 0 aliphatic carbocycles. The highest BCUT2D eigenvalue weighted by Crippen LogP contribution is 2.19. The van der Waals surface area contributed by atoms with Crippen molar-refractivity contribution >= 4 is 98.3 Å². The molecular weight excluding hydrogens is 325 g/mol. The molecule has 0 atom stereocenters. The van der Waals surface area contributed by atoms with Gasteiger partial charge in [-0.1, -0.05) is 5.46 Å². The molecule has 3 aromatic heterocycles. The van der Waals surface area contributed by atoms with Crippen molar-refractivity contribution in [3.63, 3.8) is 0 Å². The number of amides is 1. The molecule has 0 bridgehead atoms. The van der Waals surface area contributed by atoms with Crippen LogP contribution in [-0.2, 0) is 0 Å². The second-order valence-corrected chi connectivity index (χ2v) is 6.05. The lowest BCUT2D eigenvalue weighted by atomic mass is 9.82. The molecule has 0 fully saturated rings. The molecule has 3 aromatic rings. The van der Waals surface area contributed by atoms with E-state index < -0.39 is 0 Å². The minimum atomic E-state index is -0.325. The van der Waals surface area contributed by atoms with E-state index in [0.29, 0.717) is 17.3 Å². The highest BCUT2D eigenvalue weighted by Gasteiger charge is 2.18. The van der Waals surface area contributed by atoms with Gasteiger partial charge in [0.15, 0.2) is 21.4 Å². The number of carbonyl (C=O) groups is 1. The molecule has 3 heterocycles. The van der Waals surface area contributed by atoms with Crippen LogP contribution in [0.3, 0.4) is 0 Å². The first-order chi connectivity index (χ1) is 12.4. The van der Waals surface area contributed by atoms with Gasteiger partial charge < -0.3 is 15.8 Å². The van der Waals surface area contributed by atoms with Crippen LogP contribution >= 0.6 is 0 Å². The fourth-order valence-corrected chi connectivity index (χ4v) is 2.83. The third-order valence-corrected chi connectivity index (χ3v) is 4.40. The Bertz CT molecular complexity index is 1020. The maximum absolute atomic E-state index is 12.1. The van der Waals surface area contributed by atoms with E-state index in [-0.39, 0.29) is 11.6 Å². The van der Waals surface area contributed by atoms with Gasteiger partial charge in [-0.25, -0.2) is 9.50 Å². The van der Waals surface area contributed by atoms with Crippen molar-refractivity contribution in [1.29, 1.82) is 0 Å². The van der Waals surface area contributed by atoms with E-state index in [4.69, 9.17) is 0 Å². The SMILES string of the molecule is BNC(=O)c1nnc(NB)cc1Nc1nc(B)n2nc(B)c(B)c2c1B. The maximum atomic E-state index is 12.1. The number of hydrogen-bond acceptors (Lipinski definition) is 7. The van der Waals surface area contributed by atoms with E-state index in [0.717, 1.165) is 27.8 Å². The minimum Gasteiger partial charge on any atom is -0.418 e. The van der Waals surface area contributed by atoms with Crippen LogP contribution in [0.2, 0.25) is 0 Å². The molecule has 3 N–H and O–H groups in total. The Morgan fingerprint density at radius 3 is 2.46 bits per heavy atom. The molecule has 26 heavy (non-hydrogen) atoms. The number of fused-ring (bicyclic) bond motifs is 1. The Hall–Kier alpha value is -2.84. The number of aromatic nitrogens is 5. The predicted molar refractivity (Wildman–Crippen MR) is 119 cm³/mol. The van der Waals surface area contributed by atoms with Gasteiger partial charge >= 0.3 is 0 Å². The Morgan fingerprint density at radius 1 is 1.08 bits per heavy atom. The summed E-state index contributed by atoms with van der Waals surface area (Å²) in [6.45, 7) is 0. The van der Waals surface area contributed by atoms with Crippen molar-refractivity contribution in [3.05, 3.63) is 11.8 Å². The summed E-state index contributed by atoms with van der Waals surface area (Å²) in [6.07, 6.45) is 0. The van der Waals surface area contributed by atoms with Crippen molar-refractivity contribution < 1.29 is 4.79 Å². The van der Waals surface area contributed by atoms with Crippen LogP contribution in [0.1, 0.15) is 10.5 Å². The summed E-state index contributed by atoms with van der Waals surface area (Å²) >= 11 is 0. The van der Waals surface area contributed by atoms with Crippen molar-refractivity contribution in [2.24, 2.45) is 0 Å². The second-order valence-electron chi connectivity index (χ2n) is 6.05. The van der Waals surface area contributed by atoms with Crippen LogP contribution in [0.4, 0.5) is 17.3 Å². The average molecular weight is 341 g/mol. The van der Waals surface area contributed by atoms with Gasteiger partial charge in [0.25, 0.3) is 5.91 Å². The quantitative estimate of drug-likeness (QED) is 0.405. The summed E-state index contributed by atoms with van der Waals surface area (Å²) in [5.41, 5.74) is 5.50. The third-order valence-electron chi connectivity index (χ3n) is 4.40. The number of rotatable bonds is 4. The summed E-state index contributed by atoms with van der Waals surface area (Å²) in [4.78, 5) is 16.8. The van der Waals surface area contributed by atoms with Crippen molar-refractivity contribution in [2.45, 2.75) is 0 Å². The molecule has 1 amide bonds. The Labute approximate surface area is 156 Å². The molecule has 124 valence electrons. The summed E-state index contributed by atoms with van der Waals surface area (Å²) in [5, 5.41) is 21.3. The summed E-state index contributed by atoms with van der Waals surface area (Å²) in [5.74, 6) is 0.875. The molecule has 0 saturated heterocycles. The molecule has 0 aliphatic heterocycles. The van der Waals surface area contributed by atoms with E-state index in [1.807, 2.05) is 35.9 Å². The molecule has 0 aliphatic rings. The van der Waals surface area contributed by atoms with Crippen LogP contribution in [0.25, 0.3) is 5.52 Å². The van der Waals surface area contributed by atoms with E-state index in [1.54, 1.807) is 22.0 Å². The zero-order chi connectivity index (χ0) is 19.0. The Balaban J connectivity index is 2.16. The normalized spacial score (nSPS) is 10.6. The number of carbonyl (C=O) groups excluding carboxylic acids is 1. The van der Waals surface area contributed by atoms with Gasteiger partial charge in [-0.05, 0) is 5.46 Å². The molecular formula is C11H16B6N8O. The molecule has 9 nitrogen and oxygen atoms in total. The Kier molecular flexibility index (Phi) is 4.71. The summed E-state index contributed by atoms with van der Waals surface area (Å²) in [6, 6.07) is 1.73. The number of anilines is 3. The van der Waals surface area contributed by atoms with Crippen LogP contribution in [0, 0.1) is 0 Å². The second kappa shape index (κ2) is 6.81. The fraction of sp³-hybridized carbons (Fsp3) is 0. The standard InChI is InChI=1S/C11H16B6N8O/c12-4-7-5(13)9(19-11(15)25(7)24-8(4)14)18-2-1-3(20-16)22-23-6(2)10(26)21-17/h1H,12-17H2,(H,21,26)(H2,18,20,22). The van der Waals surface area contributed by atoms with Gasteiger partial charge in [0.1, 0.15) is 27.3 Å². The number of nitrogens with zero attached hydrogens (tertiary/aromatic N) is 5. The number of nitrogens with one attached hydrogen (secondary N) is 3. The van der Waals surface area contributed by atoms with Crippen molar-refractivity contribution in [1.82, 2.24) is 30.0 Å². The van der Waals surface area contributed by atoms with Crippen LogP contribution in [-0.4, -0.2) is 78.1 Å². The molecule has 0 spiro atoms. The molecule has 0 saturated carbocycles. The van der Waals surface area contributed by atoms with E-state index in [1.165, 1.54) is 0 Å². The molecule has 15 heteroatoms. The highest BCUT2D eigenvalue weighted by molar-refractivity contribution is 6.54. The molecule has 0 radical (unpaired) electrons. The van der Waals surface area contributed by atoms with Crippen LogP contribution in [0.5, 0.6) is 0 Å². The number of hydrogen-bond donors (Lipinski definition) is 3. The average Bonchev–Trinajstić information content (AvgIpc) is 2.94. The zero-order valence-electron chi connectivity index (χ0n) is 15.7. The zero-order valence-corrected chi connectivity index (χ0v) is 15.7. The van der Waals surface area contributed by atoms with Gasteiger partial charge in [-0.2, -0.15) is 5.10 Å². The Morgan fingerprint density at radius 2 is 1.81 bits per heavy atom. The van der Waals surface area contributed by atoms with Crippen LogP contribution < -0.4 is 38.0 Å². The lowest BCUT2D eigenvalue weighted by Crippen LogP contribution is -2.31.